The van der Waals surface area contributed by atoms with E-state index >= 15 is 0 Å². The summed E-state index contributed by atoms with van der Waals surface area (Å²) >= 11 is 0. The van der Waals surface area contributed by atoms with E-state index in [-0.39, 0.29) is 6.04 Å². The highest BCUT2D eigenvalue weighted by atomic mass is 16.5. The van der Waals surface area contributed by atoms with Crippen LogP contribution in [0.4, 0.5) is 0 Å². The van der Waals surface area contributed by atoms with Crippen molar-refractivity contribution in [3.8, 4) is 5.75 Å². The fraction of sp³-hybridized carbons (Fsp3) is 0.429. The van der Waals surface area contributed by atoms with Gasteiger partial charge in [-0.1, -0.05) is 23.4 Å². The van der Waals surface area contributed by atoms with Crippen LogP contribution in [0.15, 0.2) is 28.8 Å². The fourth-order valence-corrected chi connectivity index (χ4v) is 2.40. The number of aryl methyl sites for hydroxylation is 1. The third-order valence-corrected chi connectivity index (χ3v) is 3.49. The van der Waals surface area contributed by atoms with Gasteiger partial charge in [-0.15, -0.1) is 0 Å². The minimum atomic E-state index is 0.288. The molecule has 2 heterocycles. The molecule has 0 spiro atoms. The number of nitrogens with one attached hydrogen (secondary N) is 1. The van der Waals surface area contributed by atoms with Gasteiger partial charge < -0.3 is 14.6 Å². The monoisotopic (exact) mass is 259 g/mol. The number of para-hydroxylation sites is 1. The van der Waals surface area contributed by atoms with Gasteiger partial charge in [-0.2, -0.15) is 4.98 Å². The quantitative estimate of drug-likeness (QED) is 0.910. The molecule has 0 aliphatic carbocycles. The lowest BCUT2D eigenvalue weighted by Gasteiger charge is -2.18. The van der Waals surface area contributed by atoms with E-state index in [0.29, 0.717) is 24.2 Å². The molecule has 1 aromatic carbocycles. The number of nitrogens with zero attached hydrogens (tertiary/aromatic N) is 2. The van der Waals surface area contributed by atoms with E-state index in [1.54, 1.807) is 0 Å². The normalized spacial score (nSPS) is 18.9. The molecule has 0 bridgehead atoms. The second kappa shape index (κ2) is 5.01. The Morgan fingerprint density at radius 2 is 2.26 bits per heavy atom. The van der Waals surface area contributed by atoms with Crippen molar-refractivity contribution >= 4 is 0 Å². The average molecular weight is 259 g/mol. The van der Waals surface area contributed by atoms with Gasteiger partial charge in [-0.25, -0.2) is 0 Å². The van der Waals surface area contributed by atoms with Crippen molar-refractivity contribution in [2.45, 2.75) is 32.4 Å². The third kappa shape index (κ3) is 2.46. The Balaban J connectivity index is 1.64. The Labute approximate surface area is 112 Å². The van der Waals surface area contributed by atoms with Crippen LogP contribution in [-0.2, 0) is 6.54 Å². The van der Waals surface area contributed by atoms with Crippen LogP contribution < -0.4 is 10.1 Å². The van der Waals surface area contributed by atoms with Gasteiger partial charge in [0.15, 0.2) is 5.82 Å². The minimum Gasteiger partial charge on any atom is -0.493 e. The van der Waals surface area contributed by atoms with E-state index in [1.165, 1.54) is 5.56 Å². The van der Waals surface area contributed by atoms with Crippen molar-refractivity contribution in [1.82, 2.24) is 15.5 Å². The largest absolute Gasteiger partial charge is 0.493 e. The molecule has 100 valence electrons. The number of hydrogen-bond acceptors (Lipinski definition) is 5. The summed E-state index contributed by atoms with van der Waals surface area (Å²) in [5.74, 6) is 2.64. The minimum absolute atomic E-state index is 0.288. The molecule has 0 amide bonds. The fourth-order valence-electron chi connectivity index (χ4n) is 2.40. The lowest BCUT2D eigenvalue weighted by atomic mass is 9.94. The molecule has 0 fully saturated rings. The summed E-state index contributed by atoms with van der Waals surface area (Å²) in [6, 6.07) is 8.48. The van der Waals surface area contributed by atoms with Crippen LogP contribution in [0.25, 0.3) is 0 Å². The Morgan fingerprint density at radius 3 is 3.05 bits per heavy atom. The summed E-state index contributed by atoms with van der Waals surface area (Å²) in [6.07, 6.45) is 0. The second-order valence-corrected chi connectivity index (χ2v) is 4.86. The summed E-state index contributed by atoms with van der Waals surface area (Å²) in [7, 11) is 0. The first-order chi connectivity index (χ1) is 9.24. The molecule has 19 heavy (non-hydrogen) atoms. The molecular formula is C14H17N3O2. The lowest BCUT2D eigenvalue weighted by molar-refractivity contribution is 0.295. The Kier molecular flexibility index (Phi) is 3.21. The third-order valence-electron chi connectivity index (χ3n) is 3.49. The van der Waals surface area contributed by atoms with E-state index in [2.05, 4.69) is 34.5 Å². The molecular weight excluding hydrogens is 242 g/mol. The second-order valence-electron chi connectivity index (χ2n) is 4.86. The van der Waals surface area contributed by atoms with Crippen molar-refractivity contribution in [2.24, 2.45) is 0 Å². The van der Waals surface area contributed by atoms with Gasteiger partial charge >= 0.3 is 0 Å². The number of fused-ring (bicyclic) bond motifs is 1. The van der Waals surface area contributed by atoms with Crippen molar-refractivity contribution in [2.75, 3.05) is 6.61 Å². The first kappa shape index (κ1) is 12.2. The van der Waals surface area contributed by atoms with Gasteiger partial charge in [-0.05, 0) is 19.9 Å². The maximum absolute atomic E-state index is 5.70. The number of rotatable bonds is 4. The van der Waals surface area contributed by atoms with E-state index in [1.807, 2.05) is 19.1 Å². The van der Waals surface area contributed by atoms with Gasteiger partial charge in [0, 0.05) is 17.5 Å². The molecule has 0 saturated carbocycles. The summed E-state index contributed by atoms with van der Waals surface area (Å²) in [5, 5.41) is 7.20. The maximum Gasteiger partial charge on any atom is 0.240 e. The smallest absolute Gasteiger partial charge is 0.240 e. The predicted octanol–water partition coefficient (Wildman–Crippen LogP) is 2.03. The van der Waals surface area contributed by atoms with Crippen molar-refractivity contribution < 1.29 is 9.26 Å². The standard InChI is InChI=1S/C14H17N3O2/c1-9(15-7-14-16-10(2)17-19-14)12-8-18-13-6-4-3-5-11(12)13/h3-6,9,12,15H,7-8H2,1-2H3/t9-,12+/m1/s1. The van der Waals surface area contributed by atoms with Gasteiger partial charge in [0.2, 0.25) is 5.89 Å². The van der Waals surface area contributed by atoms with Crippen LogP contribution >= 0.6 is 0 Å². The molecule has 0 unspecified atom stereocenters. The van der Waals surface area contributed by atoms with Gasteiger partial charge in [0.25, 0.3) is 0 Å². The zero-order chi connectivity index (χ0) is 13.2. The summed E-state index contributed by atoms with van der Waals surface area (Å²) in [4.78, 5) is 4.18. The summed E-state index contributed by atoms with van der Waals surface area (Å²) in [6.45, 7) is 5.27. The Hall–Kier alpha value is -1.88. The molecule has 1 N–H and O–H groups in total. The number of hydrogen-bond donors (Lipinski definition) is 1. The van der Waals surface area contributed by atoms with E-state index < -0.39 is 0 Å². The van der Waals surface area contributed by atoms with E-state index in [0.717, 1.165) is 12.4 Å². The molecule has 5 nitrogen and oxygen atoms in total. The molecule has 2 atom stereocenters. The van der Waals surface area contributed by atoms with Crippen molar-refractivity contribution in [1.29, 1.82) is 0 Å². The maximum atomic E-state index is 5.70. The van der Waals surface area contributed by atoms with Crippen LogP contribution in [0.3, 0.4) is 0 Å². The molecule has 1 aliphatic rings. The van der Waals surface area contributed by atoms with Crippen LogP contribution in [0.2, 0.25) is 0 Å². The highest BCUT2D eigenvalue weighted by molar-refractivity contribution is 5.40. The SMILES string of the molecule is Cc1noc(CN[C@H](C)[C@@H]2COc3ccccc32)n1. The first-order valence-electron chi connectivity index (χ1n) is 6.48. The Morgan fingerprint density at radius 1 is 1.42 bits per heavy atom. The van der Waals surface area contributed by atoms with Crippen LogP contribution in [0, 0.1) is 6.92 Å². The molecule has 5 heteroatoms. The van der Waals surface area contributed by atoms with Crippen molar-refractivity contribution in [3.63, 3.8) is 0 Å². The van der Waals surface area contributed by atoms with Crippen LogP contribution in [0.5, 0.6) is 5.75 Å². The summed E-state index contributed by atoms with van der Waals surface area (Å²) in [5.41, 5.74) is 1.27. The zero-order valence-electron chi connectivity index (χ0n) is 11.1. The Bertz CT molecular complexity index is 567. The number of ether oxygens (including phenoxy) is 1. The predicted molar refractivity (Wildman–Crippen MR) is 70.0 cm³/mol. The molecule has 3 rings (SSSR count). The number of aromatic nitrogens is 2. The first-order valence-corrected chi connectivity index (χ1v) is 6.48. The average Bonchev–Trinajstić information content (AvgIpc) is 3.02. The van der Waals surface area contributed by atoms with Crippen LogP contribution in [-0.4, -0.2) is 22.8 Å². The van der Waals surface area contributed by atoms with Gasteiger partial charge in [0.1, 0.15) is 5.75 Å². The highest BCUT2D eigenvalue weighted by Gasteiger charge is 2.28. The molecule has 2 aromatic rings. The number of benzene rings is 1. The molecule has 0 saturated heterocycles. The molecule has 0 radical (unpaired) electrons. The van der Waals surface area contributed by atoms with Gasteiger partial charge in [-0.3, -0.25) is 0 Å². The van der Waals surface area contributed by atoms with Gasteiger partial charge in [0.05, 0.1) is 13.2 Å². The molecule has 1 aromatic heterocycles. The molecule has 1 aliphatic heterocycles. The highest BCUT2D eigenvalue weighted by Crippen LogP contribution is 2.35. The lowest BCUT2D eigenvalue weighted by Crippen LogP contribution is -2.32. The van der Waals surface area contributed by atoms with E-state index in [9.17, 15) is 0 Å². The van der Waals surface area contributed by atoms with Crippen LogP contribution in [0.1, 0.15) is 30.1 Å². The van der Waals surface area contributed by atoms with Crippen molar-refractivity contribution in [3.05, 3.63) is 41.5 Å². The zero-order valence-corrected chi connectivity index (χ0v) is 11.1. The summed E-state index contributed by atoms with van der Waals surface area (Å²) < 4.78 is 10.8. The topological polar surface area (TPSA) is 60.2 Å². The van der Waals surface area contributed by atoms with E-state index in [4.69, 9.17) is 9.26 Å².